The molecule has 134 valence electrons. The zero-order valence-corrected chi connectivity index (χ0v) is 15.0. The van der Waals surface area contributed by atoms with Crippen LogP contribution >= 0.6 is 0 Å². The van der Waals surface area contributed by atoms with E-state index in [4.69, 9.17) is 0 Å². The van der Waals surface area contributed by atoms with Gasteiger partial charge in [-0.3, -0.25) is 14.8 Å². The molecule has 0 aromatic carbocycles. The summed E-state index contributed by atoms with van der Waals surface area (Å²) < 4.78 is 0. The summed E-state index contributed by atoms with van der Waals surface area (Å²) in [5.74, 6) is 0.526. The van der Waals surface area contributed by atoms with E-state index in [9.17, 15) is 4.79 Å². The van der Waals surface area contributed by atoms with Crippen LogP contribution in [0.25, 0.3) is 0 Å². The first kappa shape index (κ1) is 17.3. The van der Waals surface area contributed by atoms with Crippen molar-refractivity contribution in [2.75, 3.05) is 32.5 Å². The van der Waals surface area contributed by atoms with E-state index in [2.05, 4.69) is 42.6 Å². The third-order valence-corrected chi connectivity index (χ3v) is 4.83. The normalized spacial score (nSPS) is 21.1. The van der Waals surface area contributed by atoms with Crippen LogP contribution in [0.5, 0.6) is 0 Å². The number of hydrogen-bond acceptors (Lipinski definition) is 6. The second-order valence-corrected chi connectivity index (χ2v) is 6.78. The lowest BCUT2D eigenvalue weighted by atomic mass is 9.77. The molecule has 3 rings (SSSR count). The van der Waals surface area contributed by atoms with Gasteiger partial charge in [0.1, 0.15) is 0 Å². The third kappa shape index (κ3) is 3.63. The van der Waals surface area contributed by atoms with Crippen molar-refractivity contribution in [3.05, 3.63) is 35.4 Å². The third-order valence-electron chi connectivity index (χ3n) is 4.83. The second kappa shape index (κ2) is 7.18. The van der Waals surface area contributed by atoms with Gasteiger partial charge in [0.2, 0.25) is 5.95 Å². The summed E-state index contributed by atoms with van der Waals surface area (Å²) in [7, 11) is 3.45. The lowest BCUT2D eigenvalue weighted by Crippen LogP contribution is -2.45. The molecule has 1 aliphatic heterocycles. The smallest absolute Gasteiger partial charge is 0.254 e. The molecular formula is C17H25N7O. The van der Waals surface area contributed by atoms with Gasteiger partial charge in [-0.05, 0) is 19.4 Å². The van der Waals surface area contributed by atoms with Gasteiger partial charge in [-0.1, -0.05) is 6.92 Å². The largest absolute Gasteiger partial charge is 0.357 e. The molecular weight excluding hydrogens is 318 g/mol. The highest BCUT2D eigenvalue weighted by molar-refractivity contribution is 5.95. The minimum Gasteiger partial charge on any atom is -0.357 e. The van der Waals surface area contributed by atoms with Crippen molar-refractivity contribution in [2.45, 2.75) is 31.7 Å². The van der Waals surface area contributed by atoms with Crippen molar-refractivity contribution in [1.29, 1.82) is 0 Å². The Morgan fingerprint density at radius 2 is 2.08 bits per heavy atom. The molecule has 1 aliphatic rings. The fourth-order valence-electron chi connectivity index (χ4n) is 3.56. The average molecular weight is 343 g/mol. The number of rotatable bonds is 5. The summed E-state index contributed by atoms with van der Waals surface area (Å²) >= 11 is 0. The molecule has 3 heterocycles. The van der Waals surface area contributed by atoms with Crippen LogP contribution in [-0.4, -0.2) is 58.2 Å². The second-order valence-electron chi connectivity index (χ2n) is 6.78. The molecule has 2 aromatic rings. The van der Waals surface area contributed by atoms with Crippen LogP contribution in [0.15, 0.2) is 18.6 Å². The summed E-state index contributed by atoms with van der Waals surface area (Å²) in [6.45, 7) is 4.86. The van der Waals surface area contributed by atoms with Crippen LogP contribution in [0, 0.1) is 0 Å². The van der Waals surface area contributed by atoms with Crippen LogP contribution in [0.4, 0.5) is 5.95 Å². The van der Waals surface area contributed by atoms with Gasteiger partial charge in [-0.25, -0.2) is 9.97 Å². The van der Waals surface area contributed by atoms with Crippen LogP contribution < -0.4 is 10.6 Å². The Kier molecular flexibility index (Phi) is 4.98. The highest BCUT2D eigenvalue weighted by Crippen LogP contribution is 2.34. The molecule has 0 unspecified atom stereocenters. The number of H-pyrrole nitrogens is 1. The van der Waals surface area contributed by atoms with Gasteiger partial charge in [0, 0.05) is 50.6 Å². The Hall–Kier alpha value is -2.48. The number of anilines is 1. The van der Waals surface area contributed by atoms with E-state index in [1.807, 2.05) is 12.4 Å². The summed E-state index contributed by atoms with van der Waals surface area (Å²) in [4.78, 5) is 23.0. The summed E-state index contributed by atoms with van der Waals surface area (Å²) in [5.41, 5.74) is 2.49. The first-order valence-electron chi connectivity index (χ1n) is 8.52. The lowest BCUT2D eigenvalue weighted by Gasteiger charge is -2.40. The molecule has 8 heteroatoms. The minimum absolute atomic E-state index is 0.0989. The van der Waals surface area contributed by atoms with Gasteiger partial charge in [-0.2, -0.15) is 5.10 Å². The van der Waals surface area contributed by atoms with Crippen molar-refractivity contribution < 1.29 is 4.79 Å². The standard InChI is InChI=1S/C17H25N7O/c1-17(14-13(9-22-23-14)15(25)18-2)5-4-6-24(11-17)10-12-7-20-16(19-3)21-8-12/h7-9H,4-6,10-11H2,1-3H3,(H,18,25)(H,22,23)(H,19,20,21)/t17-/m0/s1. The Labute approximate surface area is 147 Å². The van der Waals surface area contributed by atoms with Gasteiger partial charge in [0.25, 0.3) is 5.91 Å². The van der Waals surface area contributed by atoms with Crippen molar-refractivity contribution >= 4 is 11.9 Å². The molecule has 25 heavy (non-hydrogen) atoms. The fourth-order valence-corrected chi connectivity index (χ4v) is 3.56. The Morgan fingerprint density at radius 3 is 2.76 bits per heavy atom. The Morgan fingerprint density at radius 1 is 1.32 bits per heavy atom. The molecule has 0 spiro atoms. The molecule has 0 bridgehead atoms. The molecule has 0 aliphatic carbocycles. The van der Waals surface area contributed by atoms with Crippen molar-refractivity contribution in [2.24, 2.45) is 0 Å². The van der Waals surface area contributed by atoms with Crippen molar-refractivity contribution in [3.8, 4) is 0 Å². The maximum absolute atomic E-state index is 12.1. The highest BCUT2D eigenvalue weighted by Gasteiger charge is 2.37. The van der Waals surface area contributed by atoms with Crippen LogP contribution in [0.1, 0.15) is 41.4 Å². The first-order chi connectivity index (χ1) is 12.1. The fraction of sp³-hybridized carbons (Fsp3) is 0.529. The molecule has 1 atom stereocenters. The monoisotopic (exact) mass is 343 g/mol. The van der Waals surface area contributed by atoms with Crippen LogP contribution in [0.3, 0.4) is 0 Å². The van der Waals surface area contributed by atoms with E-state index in [0.717, 1.165) is 43.7 Å². The molecule has 1 fully saturated rings. The number of hydrogen-bond donors (Lipinski definition) is 3. The number of aromatic nitrogens is 4. The molecule has 0 radical (unpaired) electrons. The number of nitrogens with zero attached hydrogens (tertiary/aromatic N) is 4. The lowest BCUT2D eigenvalue weighted by molar-refractivity contribution is 0.0955. The highest BCUT2D eigenvalue weighted by atomic mass is 16.1. The number of carbonyl (C=O) groups is 1. The van der Waals surface area contributed by atoms with E-state index in [1.165, 1.54) is 0 Å². The number of aromatic amines is 1. The quantitative estimate of drug-likeness (QED) is 0.753. The predicted octanol–water partition coefficient (Wildman–Crippen LogP) is 1.15. The van der Waals surface area contributed by atoms with Gasteiger partial charge in [0.05, 0.1) is 17.5 Å². The number of piperidine rings is 1. The number of likely N-dealkylation sites (tertiary alicyclic amines) is 1. The van der Waals surface area contributed by atoms with Gasteiger partial charge in [0.15, 0.2) is 0 Å². The van der Waals surface area contributed by atoms with Crippen LogP contribution in [-0.2, 0) is 12.0 Å². The SMILES string of the molecule is CNC(=O)c1cn[nH]c1[C@@]1(C)CCCN(Cc2cnc(NC)nc2)C1. The topological polar surface area (TPSA) is 98.8 Å². The molecule has 2 aromatic heterocycles. The summed E-state index contributed by atoms with van der Waals surface area (Å²) in [5, 5.41) is 12.8. The van der Waals surface area contributed by atoms with Crippen molar-refractivity contribution in [3.63, 3.8) is 0 Å². The van der Waals surface area contributed by atoms with E-state index in [-0.39, 0.29) is 11.3 Å². The average Bonchev–Trinajstić information content (AvgIpc) is 3.12. The first-order valence-corrected chi connectivity index (χ1v) is 8.52. The Bertz CT molecular complexity index is 727. The predicted molar refractivity (Wildman–Crippen MR) is 95.4 cm³/mol. The molecule has 0 saturated carbocycles. The molecule has 8 nitrogen and oxygen atoms in total. The molecule has 1 amide bonds. The molecule has 3 N–H and O–H groups in total. The van der Waals surface area contributed by atoms with Gasteiger partial charge in [-0.15, -0.1) is 0 Å². The number of carbonyl (C=O) groups excluding carboxylic acids is 1. The zero-order valence-electron chi connectivity index (χ0n) is 15.0. The maximum atomic E-state index is 12.1. The zero-order chi connectivity index (χ0) is 17.9. The van der Waals surface area contributed by atoms with E-state index >= 15 is 0 Å². The number of nitrogens with one attached hydrogen (secondary N) is 3. The van der Waals surface area contributed by atoms with E-state index in [0.29, 0.717) is 11.5 Å². The van der Waals surface area contributed by atoms with E-state index in [1.54, 1.807) is 20.3 Å². The minimum atomic E-state index is -0.137. The molecule has 1 saturated heterocycles. The summed E-state index contributed by atoms with van der Waals surface area (Å²) in [6.07, 6.45) is 7.42. The van der Waals surface area contributed by atoms with E-state index < -0.39 is 0 Å². The number of amides is 1. The van der Waals surface area contributed by atoms with Crippen LogP contribution in [0.2, 0.25) is 0 Å². The van der Waals surface area contributed by atoms with Gasteiger partial charge >= 0.3 is 0 Å². The summed E-state index contributed by atoms with van der Waals surface area (Å²) in [6, 6.07) is 0. The Balaban J connectivity index is 1.75. The van der Waals surface area contributed by atoms with Crippen molar-refractivity contribution in [1.82, 2.24) is 30.4 Å². The van der Waals surface area contributed by atoms with Gasteiger partial charge < -0.3 is 10.6 Å². The maximum Gasteiger partial charge on any atom is 0.254 e.